The number of nitrogens with zero attached hydrogens (tertiary/aromatic N) is 2. The van der Waals surface area contributed by atoms with Crippen LogP contribution in [0.1, 0.15) is 33.3 Å². The van der Waals surface area contributed by atoms with Crippen molar-refractivity contribution in [2.45, 2.75) is 12.5 Å². The van der Waals surface area contributed by atoms with Crippen molar-refractivity contribution in [1.29, 1.82) is 0 Å². The van der Waals surface area contributed by atoms with Gasteiger partial charge in [-0.1, -0.05) is 36.4 Å². The first kappa shape index (κ1) is 21.8. The van der Waals surface area contributed by atoms with Crippen LogP contribution in [0.4, 0.5) is 5.69 Å². The number of para-hydroxylation sites is 2. The van der Waals surface area contributed by atoms with E-state index in [9.17, 15) is 18.3 Å². The monoisotopic (exact) mass is 471 g/mol. The fourth-order valence-corrected chi connectivity index (χ4v) is 4.84. The summed E-state index contributed by atoms with van der Waals surface area (Å²) in [7, 11) is -2.06. The molecule has 1 amide bonds. The molecule has 0 fully saturated rings. The van der Waals surface area contributed by atoms with Gasteiger partial charge < -0.3 is 9.84 Å². The third-order valence-corrected chi connectivity index (χ3v) is 6.44. The maximum absolute atomic E-state index is 13.3. The molecule has 0 bridgehead atoms. The van der Waals surface area contributed by atoms with Crippen LogP contribution >= 0.6 is 11.3 Å². The third kappa shape index (κ3) is 4.32. The molecule has 0 unspecified atom stereocenters. The van der Waals surface area contributed by atoms with Crippen molar-refractivity contribution in [1.82, 2.24) is 5.01 Å². The largest absolute Gasteiger partial charge is 0.504 e. The van der Waals surface area contributed by atoms with Crippen molar-refractivity contribution in [3.63, 3.8) is 0 Å². The number of hydrogen-bond donors (Lipinski definition) is 2. The molecule has 0 aliphatic carbocycles. The Bertz CT molecular complexity index is 1290. The number of amides is 1. The average Bonchev–Trinajstić information content (AvgIpc) is 3.43. The molecule has 2 heterocycles. The lowest BCUT2D eigenvalue weighted by Crippen LogP contribution is -2.26. The molecule has 8 nitrogen and oxygen atoms in total. The first-order valence-corrected chi connectivity index (χ1v) is 12.4. The summed E-state index contributed by atoms with van der Waals surface area (Å²) in [5, 5.41) is 18.5. The maximum Gasteiger partial charge on any atom is 0.284 e. The lowest BCUT2D eigenvalue weighted by molar-refractivity contribution is 0.0714. The molecule has 32 heavy (non-hydrogen) atoms. The predicted molar refractivity (Wildman–Crippen MR) is 124 cm³/mol. The van der Waals surface area contributed by atoms with Crippen molar-refractivity contribution in [2.75, 3.05) is 18.1 Å². The van der Waals surface area contributed by atoms with Gasteiger partial charge in [0.05, 0.1) is 35.7 Å². The summed E-state index contributed by atoms with van der Waals surface area (Å²) in [5.74, 6) is -0.0858. The molecule has 2 aromatic carbocycles. The van der Waals surface area contributed by atoms with E-state index in [-0.39, 0.29) is 18.1 Å². The van der Waals surface area contributed by atoms with Crippen LogP contribution in [0.25, 0.3) is 0 Å². The summed E-state index contributed by atoms with van der Waals surface area (Å²) in [5.41, 5.74) is 1.94. The Kier molecular flexibility index (Phi) is 5.90. The SMILES string of the molecule is COc1cccc([C@@H]2CC(c3ccccc3NS(C)(=O)=O)=NN2C(=O)c2cccs2)c1O. The first-order valence-electron chi connectivity index (χ1n) is 9.66. The molecule has 3 aromatic rings. The van der Waals surface area contributed by atoms with Crippen molar-refractivity contribution >= 4 is 38.7 Å². The van der Waals surface area contributed by atoms with E-state index >= 15 is 0 Å². The van der Waals surface area contributed by atoms with E-state index in [2.05, 4.69) is 9.82 Å². The number of methoxy groups -OCH3 is 1. The number of carbonyl (C=O) groups is 1. The summed E-state index contributed by atoms with van der Waals surface area (Å²) >= 11 is 1.30. The van der Waals surface area contributed by atoms with Crippen molar-refractivity contribution in [3.8, 4) is 11.5 Å². The van der Waals surface area contributed by atoms with Crippen LogP contribution in [0, 0.1) is 0 Å². The number of benzene rings is 2. The quantitative estimate of drug-likeness (QED) is 0.568. The second-order valence-corrected chi connectivity index (χ2v) is 9.91. The van der Waals surface area contributed by atoms with Crippen LogP contribution in [-0.2, 0) is 10.0 Å². The van der Waals surface area contributed by atoms with Gasteiger partial charge in [0.25, 0.3) is 5.91 Å². The summed E-state index contributed by atoms with van der Waals surface area (Å²) < 4.78 is 31.4. The minimum absolute atomic E-state index is 0.0667. The van der Waals surface area contributed by atoms with E-state index in [1.807, 2.05) is 0 Å². The van der Waals surface area contributed by atoms with E-state index in [1.54, 1.807) is 60.0 Å². The van der Waals surface area contributed by atoms with Crippen LogP contribution in [0.5, 0.6) is 11.5 Å². The first-order chi connectivity index (χ1) is 15.3. The highest BCUT2D eigenvalue weighted by Gasteiger charge is 2.36. The summed E-state index contributed by atoms with van der Waals surface area (Å²) in [6.45, 7) is 0. The molecule has 166 valence electrons. The number of rotatable bonds is 6. The predicted octanol–water partition coefficient (Wildman–Crippen LogP) is 3.83. The van der Waals surface area contributed by atoms with Gasteiger partial charge in [-0.2, -0.15) is 5.10 Å². The Morgan fingerprint density at radius 3 is 2.66 bits per heavy atom. The average molecular weight is 472 g/mol. The normalized spacial score (nSPS) is 16.0. The molecule has 1 aliphatic heterocycles. The number of phenolic OH excluding ortho intramolecular Hbond substituents is 1. The number of phenols is 1. The number of sulfonamides is 1. The van der Waals surface area contributed by atoms with Gasteiger partial charge in [0.15, 0.2) is 11.5 Å². The maximum atomic E-state index is 13.3. The Morgan fingerprint density at radius 1 is 1.19 bits per heavy atom. The zero-order chi connectivity index (χ0) is 22.9. The molecule has 0 spiro atoms. The highest BCUT2D eigenvalue weighted by Crippen LogP contribution is 2.42. The topological polar surface area (TPSA) is 108 Å². The number of thiophene rings is 1. The van der Waals surface area contributed by atoms with E-state index < -0.39 is 16.1 Å². The second kappa shape index (κ2) is 8.64. The Balaban J connectivity index is 1.80. The Morgan fingerprint density at radius 2 is 1.97 bits per heavy atom. The molecule has 10 heteroatoms. The van der Waals surface area contributed by atoms with E-state index in [0.717, 1.165) is 6.26 Å². The summed E-state index contributed by atoms with van der Waals surface area (Å²) in [4.78, 5) is 13.8. The van der Waals surface area contributed by atoms with Gasteiger partial charge in [0, 0.05) is 17.5 Å². The van der Waals surface area contributed by atoms with Crippen molar-refractivity contribution in [2.24, 2.45) is 5.10 Å². The standard InChI is InChI=1S/C22H21N3O5S2/c1-30-19-10-5-8-15(21(19)26)18-13-17(23-25(18)22(27)20-11-6-12-31-20)14-7-3-4-9-16(14)24-32(2,28)29/h3-12,18,24,26H,13H2,1-2H3/t18-/m0/s1. The number of carbonyl (C=O) groups excluding carboxylic acids is 1. The van der Waals surface area contributed by atoms with Crippen LogP contribution in [-0.4, -0.2) is 43.5 Å². The molecule has 0 saturated heterocycles. The van der Waals surface area contributed by atoms with Gasteiger partial charge in [0.2, 0.25) is 10.0 Å². The summed E-state index contributed by atoms with van der Waals surface area (Å²) in [6.07, 6.45) is 1.35. The van der Waals surface area contributed by atoms with Crippen LogP contribution in [0.15, 0.2) is 65.1 Å². The number of aromatic hydroxyl groups is 1. The van der Waals surface area contributed by atoms with Crippen LogP contribution in [0.3, 0.4) is 0 Å². The number of nitrogens with one attached hydrogen (secondary N) is 1. The van der Waals surface area contributed by atoms with E-state index in [0.29, 0.717) is 33.2 Å². The van der Waals surface area contributed by atoms with E-state index in [4.69, 9.17) is 4.74 Å². The highest BCUT2D eigenvalue weighted by atomic mass is 32.2. The molecule has 0 radical (unpaired) electrons. The number of hydrogen-bond acceptors (Lipinski definition) is 7. The lowest BCUT2D eigenvalue weighted by Gasteiger charge is -2.23. The van der Waals surface area contributed by atoms with Crippen LogP contribution < -0.4 is 9.46 Å². The highest BCUT2D eigenvalue weighted by molar-refractivity contribution is 7.92. The molecule has 1 aliphatic rings. The van der Waals surface area contributed by atoms with Gasteiger partial charge in [-0.25, -0.2) is 13.4 Å². The van der Waals surface area contributed by atoms with Gasteiger partial charge in [-0.3, -0.25) is 9.52 Å². The number of ether oxygens (including phenoxy) is 1. The van der Waals surface area contributed by atoms with Gasteiger partial charge in [-0.15, -0.1) is 11.3 Å². The second-order valence-electron chi connectivity index (χ2n) is 7.21. The molecule has 1 aromatic heterocycles. The van der Waals surface area contributed by atoms with E-state index in [1.165, 1.54) is 23.5 Å². The minimum Gasteiger partial charge on any atom is -0.504 e. The smallest absolute Gasteiger partial charge is 0.284 e. The lowest BCUT2D eigenvalue weighted by atomic mass is 9.96. The molecular weight excluding hydrogens is 450 g/mol. The van der Waals surface area contributed by atoms with Crippen molar-refractivity contribution < 1.29 is 23.1 Å². The number of hydrazone groups is 1. The Hall–Kier alpha value is -3.37. The summed E-state index contributed by atoms with van der Waals surface area (Å²) in [6, 6.07) is 14.8. The molecule has 4 rings (SSSR count). The van der Waals surface area contributed by atoms with Crippen molar-refractivity contribution in [3.05, 3.63) is 76.0 Å². The molecule has 2 N–H and O–H groups in total. The molecular formula is C22H21N3O5S2. The third-order valence-electron chi connectivity index (χ3n) is 4.99. The fourth-order valence-electron chi connectivity index (χ4n) is 3.61. The van der Waals surface area contributed by atoms with Gasteiger partial charge >= 0.3 is 0 Å². The molecule has 1 atom stereocenters. The minimum atomic E-state index is -3.52. The van der Waals surface area contributed by atoms with Gasteiger partial charge in [0.1, 0.15) is 0 Å². The zero-order valence-electron chi connectivity index (χ0n) is 17.3. The number of anilines is 1. The Labute approximate surface area is 189 Å². The molecule has 0 saturated carbocycles. The van der Waals surface area contributed by atoms with Crippen LogP contribution in [0.2, 0.25) is 0 Å². The zero-order valence-corrected chi connectivity index (χ0v) is 19.0. The fraction of sp³-hybridized carbons (Fsp3) is 0.182. The van der Waals surface area contributed by atoms with Gasteiger partial charge in [-0.05, 0) is 23.6 Å².